The van der Waals surface area contributed by atoms with Gasteiger partial charge in [0.1, 0.15) is 0 Å². The van der Waals surface area contributed by atoms with Crippen molar-refractivity contribution in [3.05, 3.63) is 30.1 Å². The van der Waals surface area contributed by atoms with E-state index in [0.29, 0.717) is 6.04 Å². The van der Waals surface area contributed by atoms with Crippen LogP contribution in [0.2, 0.25) is 0 Å². The molecular formula is C14H24N4. The van der Waals surface area contributed by atoms with Crippen LogP contribution in [0.3, 0.4) is 0 Å². The minimum absolute atomic E-state index is 0.619. The molecule has 0 radical (unpaired) electrons. The number of piperazine rings is 1. The molecule has 1 fully saturated rings. The van der Waals surface area contributed by atoms with Crippen molar-refractivity contribution >= 4 is 0 Å². The van der Waals surface area contributed by atoms with Crippen LogP contribution in [0.25, 0.3) is 0 Å². The van der Waals surface area contributed by atoms with E-state index in [1.165, 1.54) is 18.7 Å². The summed E-state index contributed by atoms with van der Waals surface area (Å²) < 4.78 is 0. The van der Waals surface area contributed by atoms with Crippen molar-refractivity contribution < 1.29 is 0 Å². The van der Waals surface area contributed by atoms with Crippen LogP contribution >= 0.6 is 0 Å². The topological polar surface area (TPSA) is 31.4 Å². The average molecular weight is 248 g/mol. The molecule has 1 aliphatic heterocycles. The van der Waals surface area contributed by atoms with E-state index in [-0.39, 0.29) is 0 Å². The fourth-order valence-corrected chi connectivity index (χ4v) is 2.56. The molecule has 1 aliphatic rings. The molecule has 100 valence electrons. The van der Waals surface area contributed by atoms with Crippen LogP contribution in [0.4, 0.5) is 0 Å². The van der Waals surface area contributed by atoms with E-state index in [4.69, 9.17) is 0 Å². The molecule has 0 aromatic carbocycles. The summed E-state index contributed by atoms with van der Waals surface area (Å²) in [6.07, 6.45) is 3.78. The summed E-state index contributed by atoms with van der Waals surface area (Å²) in [6, 6.07) is 4.76. The number of hydrogen-bond donors (Lipinski definition) is 1. The average Bonchev–Trinajstić information content (AvgIpc) is 2.40. The van der Waals surface area contributed by atoms with Gasteiger partial charge in [0, 0.05) is 57.7 Å². The Hall–Kier alpha value is -0.970. The van der Waals surface area contributed by atoms with E-state index in [0.717, 1.165) is 26.2 Å². The lowest BCUT2D eigenvalue weighted by Crippen LogP contribution is -2.50. The molecule has 1 N–H and O–H groups in total. The van der Waals surface area contributed by atoms with E-state index >= 15 is 0 Å². The molecule has 1 aromatic heterocycles. The first-order valence-electron chi connectivity index (χ1n) is 6.78. The molecule has 1 atom stereocenters. The van der Waals surface area contributed by atoms with Crippen molar-refractivity contribution in [2.75, 3.05) is 39.8 Å². The second kappa shape index (κ2) is 6.83. The van der Waals surface area contributed by atoms with Gasteiger partial charge in [0.05, 0.1) is 0 Å². The number of nitrogens with one attached hydrogen (secondary N) is 1. The van der Waals surface area contributed by atoms with Crippen LogP contribution in [-0.4, -0.2) is 60.6 Å². The Morgan fingerprint density at radius 2 is 2.22 bits per heavy atom. The Balaban J connectivity index is 1.77. The van der Waals surface area contributed by atoms with Crippen molar-refractivity contribution in [1.82, 2.24) is 20.1 Å². The highest BCUT2D eigenvalue weighted by atomic mass is 15.2. The van der Waals surface area contributed by atoms with Crippen LogP contribution in [0.5, 0.6) is 0 Å². The van der Waals surface area contributed by atoms with Gasteiger partial charge in [-0.05, 0) is 25.6 Å². The molecule has 18 heavy (non-hydrogen) atoms. The second-order valence-corrected chi connectivity index (χ2v) is 5.19. The van der Waals surface area contributed by atoms with Crippen LogP contribution in [-0.2, 0) is 6.54 Å². The lowest BCUT2D eigenvalue weighted by atomic mass is 10.2. The number of aromatic nitrogens is 1. The minimum atomic E-state index is 0.619. The lowest BCUT2D eigenvalue weighted by Gasteiger charge is -2.34. The largest absolute Gasteiger partial charge is 0.314 e. The van der Waals surface area contributed by atoms with Gasteiger partial charge in [-0.25, -0.2) is 0 Å². The quantitative estimate of drug-likeness (QED) is 0.835. The van der Waals surface area contributed by atoms with Crippen molar-refractivity contribution in [2.45, 2.75) is 19.5 Å². The molecule has 0 bridgehead atoms. The van der Waals surface area contributed by atoms with Gasteiger partial charge in [0.25, 0.3) is 0 Å². The fraction of sp³-hybridized carbons (Fsp3) is 0.643. The van der Waals surface area contributed by atoms with E-state index in [9.17, 15) is 0 Å². The Kier molecular flexibility index (Phi) is 5.11. The van der Waals surface area contributed by atoms with Gasteiger partial charge in [-0.3, -0.25) is 9.88 Å². The molecule has 0 amide bonds. The summed E-state index contributed by atoms with van der Waals surface area (Å²) in [7, 11) is 2.19. The van der Waals surface area contributed by atoms with Gasteiger partial charge in [0.2, 0.25) is 0 Å². The molecule has 2 heterocycles. The number of pyridine rings is 1. The van der Waals surface area contributed by atoms with Crippen molar-refractivity contribution in [3.8, 4) is 0 Å². The number of likely N-dealkylation sites (N-methyl/N-ethyl adjacent to an activating group) is 1. The third-order valence-corrected chi connectivity index (χ3v) is 3.53. The first kappa shape index (κ1) is 13.5. The zero-order valence-corrected chi connectivity index (χ0v) is 11.5. The van der Waals surface area contributed by atoms with E-state index in [1.54, 1.807) is 0 Å². The van der Waals surface area contributed by atoms with E-state index in [1.807, 2.05) is 18.5 Å². The summed E-state index contributed by atoms with van der Waals surface area (Å²) in [5.74, 6) is 0. The molecule has 1 unspecified atom stereocenters. The molecule has 2 rings (SSSR count). The van der Waals surface area contributed by atoms with Crippen LogP contribution in [0.1, 0.15) is 12.5 Å². The molecule has 4 heteroatoms. The van der Waals surface area contributed by atoms with E-state index in [2.05, 4.69) is 40.1 Å². The smallest absolute Gasteiger partial charge is 0.0312 e. The highest BCUT2D eigenvalue weighted by Crippen LogP contribution is 2.06. The fourth-order valence-electron chi connectivity index (χ4n) is 2.56. The number of rotatable bonds is 5. The SMILES string of the molecule is CC(CN(C)Cc1cccnc1)N1CCNCC1. The van der Waals surface area contributed by atoms with Gasteiger partial charge < -0.3 is 10.2 Å². The van der Waals surface area contributed by atoms with Gasteiger partial charge >= 0.3 is 0 Å². The molecule has 0 aliphatic carbocycles. The number of nitrogens with zero attached hydrogens (tertiary/aromatic N) is 3. The van der Waals surface area contributed by atoms with Crippen LogP contribution in [0, 0.1) is 0 Å². The third-order valence-electron chi connectivity index (χ3n) is 3.53. The highest BCUT2D eigenvalue weighted by Gasteiger charge is 2.17. The molecule has 0 spiro atoms. The maximum Gasteiger partial charge on any atom is 0.0312 e. The maximum absolute atomic E-state index is 4.16. The van der Waals surface area contributed by atoms with Crippen molar-refractivity contribution in [2.24, 2.45) is 0 Å². The number of hydrogen-bond acceptors (Lipinski definition) is 4. The first-order valence-corrected chi connectivity index (χ1v) is 6.78. The van der Waals surface area contributed by atoms with Crippen molar-refractivity contribution in [3.63, 3.8) is 0 Å². The second-order valence-electron chi connectivity index (χ2n) is 5.19. The maximum atomic E-state index is 4.16. The molecule has 0 saturated carbocycles. The van der Waals surface area contributed by atoms with Gasteiger partial charge in [0.15, 0.2) is 0 Å². The monoisotopic (exact) mass is 248 g/mol. The summed E-state index contributed by atoms with van der Waals surface area (Å²) in [4.78, 5) is 9.11. The standard InChI is InChI=1S/C14H24N4/c1-13(18-8-6-15-7-9-18)11-17(2)12-14-4-3-5-16-10-14/h3-5,10,13,15H,6-9,11-12H2,1-2H3. The predicted molar refractivity (Wildman–Crippen MR) is 74.5 cm³/mol. The lowest BCUT2D eigenvalue weighted by molar-refractivity contribution is 0.144. The summed E-state index contributed by atoms with van der Waals surface area (Å²) >= 11 is 0. The summed E-state index contributed by atoms with van der Waals surface area (Å²) in [5.41, 5.74) is 1.28. The van der Waals surface area contributed by atoms with Crippen LogP contribution in [0.15, 0.2) is 24.5 Å². The molecule has 1 aromatic rings. The van der Waals surface area contributed by atoms with Gasteiger partial charge in [-0.2, -0.15) is 0 Å². The minimum Gasteiger partial charge on any atom is -0.314 e. The Bertz CT molecular complexity index is 335. The van der Waals surface area contributed by atoms with E-state index < -0.39 is 0 Å². The Morgan fingerprint density at radius 3 is 2.89 bits per heavy atom. The summed E-state index contributed by atoms with van der Waals surface area (Å²) in [6.45, 7) is 8.99. The third kappa shape index (κ3) is 4.05. The Morgan fingerprint density at radius 1 is 1.44 bits per heavy atom. The van der Waals surface area contributed by atoms with Gasteiger partial charge in [-0.15, -0.1) is 0 Å². The summed E-state index contributed by atoms with van der Waals surface area (Å²) in [5, 5.41) is 3.40. The van der Waals surface area contributed by atoms with Gasteiger partial charge in [-0.1, -0.05) is 6.07 Å². The highest BCUT2D eigenvalue weighted by molar-refractivity contribution is 5.07. The first-order chi connectivity index (χ1) is 8.75. The molecule has 1 saturated heterocycles. The van der Waals surface area contributed by atoms with Crippen molar-refractivity contribution in [1.29, 1.82) is 0 Å². The van der Waals surface area contributed by atoms with Crippen LogP contribution < -0.4 is 5.32 Å². The Labute approximate surface area is 110 Å². The molecular weight excluding hydrogens is 224 g/mol. The zero-order chi connectivity index (χ0) is 12.8. The predicted octanol–water partition coefficient (Wildman–Crippen LogP) is 0.807. The molecule has 4 nitrogen and oxygen atoms in total. The zero-order valence-electron chi connectivity index (χ0n) is 11.5. The normalized spacial score (nSPS) is 19.1.